The predicted octanol–water partition coefficient (Wildman–Crippen LogP) is 1.63. The summed E-state index contributed by atoms with van der Waals surface area (Å²) in [4.78, 5) is 11.3. The van der Waals surface area contributed by atoms with Crippen molar-refractivity contribution in [1.29, 1.82) is 0 Å². The van der Waals surface area contributed by atoms with Gasteiger partial charge in [-0.25, -0.2) is 9.97 Å². The Hall–Kier alpha value is -2.02. The summed E-state index contributed by atoms with van der Waals surface area (Å²) < 4.78 is 8.30. The molecule has 122 valence electrons. The molecular weight excluding hydrogens is 292 g/mol. The average molecular weight is 314 g/mol. The quantitative estimate of drug-likeness (QED) is 0.858. The van der Waals surface area contributed by atoms with Crippen molar-refractivity contribution in [3.05, 3.63) is 30.6 Å². The number of piperidine rings is 1. The van der Waals surface area contributed by atoms with E-state index < -0.39 is 0 Å². The zero-order valence-electron chi connectivity index (χ0n) is 13.4. The summed E-state index contributed by atoms with van der Waals surface area (Å²) in [5.74, 6) is 0.817. The van der Waals surface area contributed by atoms with Crippen LogP contribution in [0.15, 0.2) is 25.0 Å². The fourth-order valence-electron chi connectivity index (χ4n) is 3.66. The van der Waals surface area contributed by atoms with E-state index >= 15 is 0 Å². The van der Waals surface area contributed by atoms with E-state index in [1.165, 1.54) is 5.56 Å². The van der Waals surface area contributed by atoms with Crippen LogP contribution >= 0.6 is 0 Å². The van der Waals surface area contributed by atoms with Gasteiger partial charge in [0.2, 0.25) is 5.95 Å². The monoisotopic (exact) mass is 314 g/mol. The van der Waals surface area contributed by atoms with E-state index in [2.05, 4.69) is 36.6 Å². The molecule has 23 heavy (non-hydrogen) atoms. The molecule has 2 fully saturated rings. The van der Waals surface area contributed by atoms with Gasteiger partial charge in [0.1, 0.15) is 12.7 Å². The first-order chi connectivity index (χ1) is 11.3. The van der Waals surface area contributed by atoms with Crippen LogP contribution in [-0.4, -0.2) is 50.0 Å². The number of nitrogens with zero attached hydrogens (tertiary/aromatic N) is 6. The van der Waals surface area contributed by atoms with Gasteiger partial charge in [-0.3, -0.25) is 0 Å². The highest BCUT2D eigenvalue weighted by molar-refractivity contribution is 5.32. The molecule has 2 atom stereocenters. The van der Waals surface area contributed by atoms with Crippen LogP contribution in [0, 0.1) is 0 Å². The summed E-state index contributed by atoms with van der Waals surface area (Å²) in [5.41, 5.74) is 1.07. The van der Waals surface area contributed by atoms with E-state index in [1.807, 2.05) is 12.4 Å². The molecule has 2 aromatic rings. The van der Waals surface area contributed by atoms with Crippen molar-refractivity contribution in [3.63, 3.8) is 0 Å². The van der Waals surface area contributed by atoms with E-state index in [0.717, 1.165) is 51.3 Å². The number of hydrogen-bond acceptors (Lipinski definition) is 6. The highest BCUT2D eigenvalue weighted by Gasteiger charge is 2.44. The van der Waals surface area contributed by atoms with Crippen LogP contribution in [0.4, 0.5) is 5.95 Å². The van der Waals surface area contributed by atoms with Gasteiger partial charge in [-0.1, -0.05) is 6.92 Å². The number of anilines is 1. The van der Waals surface area contributed by atoms with Gasteiger partial charge in [0.15, 0.2) is 0 Å². The molecule has 7 nitrogen and oxygen atoms in total. The predicted molar refractivity (Wildman–Crippen MR) is 85.2 cm³/mol. The standard InChI is InChI=1S/C16H22N6O/c1-2-13-7-17-15(18-8-13)21-5-3-4-16(10-21)6-14(9-23-16)22-11-19-20-12-22/h7-8,11-12,14H,2-6,9-10H2,1H3/t14-,16-/m0/s1. The van der Waals surface area contributed by atoms with Gasteiger partial charge in [-0.15, -0.1) is 10.2 Å². The zero-order chi connectivity index (χ0) is 15.7. The second-order valence-corrected chi connectivity index (χ2v) is 6.53. The Morgan fingerprint density at radius 2 is 2.04 bits per heavy atom. The summed E-state index contributed by atoms with van der Waals surface area (Å²) in [6.07, 6.45) is 11.6. The smallest absolute Gasteiger partial charge is 0.225 e. The molecule has 0 unspecified atom stereocenters. The molecule has 2 aliphatic rings. The first-order valence-corrected chi connectivity index (χ1v) is 8.32. The van der Waals surface area contributed by atoms with Crippen molar-refractivity contribution >= 4 is 5.95 Å². The van der Waals surface area contributed by atoms with Crippen LogP contribution in [0.1, 0.15) is 37.8 Å². The molecule has 0 bridgehead atoms. The van der Waals surface area contributed by atoms with Gasteiger partial charge in [0.25, 0.3) is 0 Å². The molecule has 1 spiro atoms. The first-order valence-electron chi connectivity index (χ1n) is 8.32. The fourth-order valence-corrected chi connectivity index (χ4v) is 3.66. The molecule has 0 radical (unpaired) electrons. The van der Waals surface area contributed by atoms with E-state index in [1.54, 1.807) is 12.7 Å². The molecule has 0 aliphatic carbocycles. The highest BCUT2D eigenvalue weighted by atomic mass is 16.5. The van der Waals surface area contributed by atoms with Gasteiger partial charge in [-0.2, -0.15) is 0 Å². The Labute approximate surface area is 135 Å². The summed E-state index contributed by atoms with van der Waals surface area (Å²) in [5, 5.41) is 7.81. The average Bonchev–Trinajstić information content (AvgIpc) is 3.25. The van der Waals surface area contributed by atoms with Crippen molar-refractivity contribution in [2.24, 2.45) is 0 Å². The number of rotatable bonds is 3. The largest absolute Gasteiger partial charge is 0.371 e. The first kappa shape index (κ1) is 14.6. The third kappa shape index (κ3) is 2.81. The second-order valence-electron chi connectivity index (χ2n) is 6.53. The molecule has 0 saturated carbocycles. The van der Waals surface area contributed by atoms with Gasteiger partial charge < -0.3 is 14.2 Å². The van der Waals surface area contributed by atoms with Crippen molar-refractivity contribution in [2.75, 3.05) is 24.6 Å². The molecule has 0 aromatic carbocycles. The van der Waals surface area contributed by atoms with E-state index in [4.69, 9.17) is 4.74 Å². The van der Waals surface area contributed by atoms with Crippen LogP contribution in [0.3, 0.4) is 0 Å². The van der Waals surface area contributed by atoms with Gasteiger partial charge >= 0.3 is 0 Å². The lowest BCUT2D eigenvalue weighted by Gasteiger charge is -2.39. The van der Waals surface area contributed by atoms with Crippen LogP contribution in [0.2, 0.25) is 0 Å². The van der Waals surface area contributed by atoms with Gasteiger partial charge in [0.05, 0.1) is 18.2 Å². The van der Waals surface area contributed by atoms with E-state index in [-0.39, 0.29) is 5.60 Å². The Morgan fingerprint density at radius 3 is 2.78 bits per heavy atom. The van der Waals surface area contributed by atoms with Crippen molar-refractivity contribution in [2.45, 2.75) is 44.2 Å². The molecule has 2 saturated heterocycles. The van der Waals surface area contributed by atoms with Crippen LogP contribution in [-0.2, 0) is 11.2 Å². The maximum absolute atomic E-state index is 6.24. The molecule has 7 heteroatoms. The van der Waals surface area contributed by atoms with Crippen LogP contribution in [0.5, 0.6) is 0 Å². The Balaban J connectivity index is 1.48. The number of hydrogen-bond donors (Lipinski definition) is 0. The SMILES string of the molecule is CCc1cnc(N2CCC[C@]3(C[C@H](n4cnnc4)CO3)C2)nc1. The minimum Gasteiger partial charge on any atom is -0.371 e. The lowest BCUT2D eigenvalue weighted by molar-refractivity contribution is -0.00719. The fraction of sp³-hybridized carbons (Fsp3) is 0.625. The lowest BCUT2D eigenvalue weighted by atomic mass is 9.89. The third-order valence-corrected chi connectivity index (χ3v) is 4.97. The number of ether oxygens (including phenoxy) is 1. The van der Waals surface area contributed by atoms with Crippen LogP contribution in [0.25, 0.3) is 0 Å². The maximum Gasteiger partial charge on any atom is 0.225 e. The molecule has 4 rings (SSSR count). The Bertz CT molecular complexity index is 643. The number of aromatic nitrogens is 5. The van der Waals surface area contributed by atoms with Crippen molar-refractivity contribution in [1.82, 2.24) is 24.7 Å². The minimum absolute atomic E-state index is 0.0972. The Morgan fingerprint density at radius 1 is 1.26 bits per heavy atom. The molecule has 4 heterocycles. The summed E-state index contributed by atoms with van der Waals surface area (Å²) in [6.45, 7) is 4.69. The van der Waals surface area contributed by atoms with Crippen LogP contribution < -0.4 is 4.90 Å². The topological polar surface area (TPSA) is 69.0 Å². The summed E-state index contributed by atoms with van der Waals surface area (Å²) >= 11 is 0. The zero-order valence-corrected chi connectivity index (χ0v) is 13.4. The van der Waals surface area contributed by atoms with E-state index in [0.29, 0.717) is 6.04 Å². The third-order valence-electron chi connectivity index (χ3n) is 4.97. The van der Waals surface area contributed by atoms with Gasteiger partial charge in [0, 0.05) is 31.9 Å². The summed E-state index contributed by atoms with van der Waals surface area (Å²) in [7, 11) is 0. The normalized spacial score (nSPS) is 27.7. The molecule has 0 N–H and O–H groups in total. The highest BCUT2D eigenvalue weighted by Crippen LogP contribution is 2.39. The second kappa shape index (κ2) is 5.88. The maximum atomic E-state index is 6.24. The molecule has 2 aromatic heterocycles. The Kier molecular flexibility index (Phi) is 3.72. The molecular formula is C16H22N6O. The minimum atomic E-state index is -0.0972. The molecule has 0 amide bonds. The number of aryl methyl sites for hydroxylation is 1. The summed E-state index contributed by atoms with van der Waals surface area (Å²) in [6, 6.07) is 0.327. The lowest BCUT2D eigenvalue weighted by Crippen LogP contribution is -2.48. The van der Waals surface area contributed by atoms with Crippen molar-refractivity contribution in [3.8, 4) is 0 Å². The van der Waals surface area contributed by atoms with E-state index in [9.17, 15) is 0 Å². The molecule has 2 aliphatic heterocycles. The van der Waals surface area contributed by atoms with Gasteiger partial charge in [-0.05, 0) is 24.8 Å². The van der Waals surface area contributed by atoms with Crippen molar-refractivity contribution < 1.29 is 4.74 Å².